The van der Waals surface area contributed by atoms with E-state index >= 15 is 0 Å². The maximum atomic E-state index is 11.1. The van der Waals surface area contributed by atoms with Gasteiger partial charge in [-0.15, -0.1) is 0 Å². The van der Waals surface area contributed by atoms with Crippen LogP contribution in [-0.4, -0.2) is 54.0 Å². The van der Waals surface area contributed by atoms with Crippen molar-refractivity contribution < 1.29 is 24.5 Å². The molecular formula is C13H24N2O5. The molecule has 0 spiro atoms. The summed E-state index contributed by atoms with van der Waals surface area (Å²) in [5, 5.41) is 21.1. The van der Waals surface area contributed by atoms with Gasteiger partial charge in [-0.2, -0.15) is 0 Å². The van der Waals surface area contributed by atoms with Crippen molar-refractivity contribution in [3.8, 4) is 0 Å². The summed E-state index contributed by atoms with van der Waals surface area (Å²) in [6.07, 6.45) is 1.11. The molecule has 20 heavy (non-hydrogen) atoms. The van der Waals surface area contributed by atoms with E-state index in [2.05, 4.69) is 11.9 Å². The smallest absolute Gasteiger partial charge is 0.333 e. The first-order chi connectivity index (χ1) is 9.34. The number of nitrogens with one attached hydrogen (secondary N) is 1. The third-order valence-corrected chi connectivity index (χ3v) is 2.57. The number of aliphatic hydroxyl groups is 1. The highest BCUT2D eigenvalue weighted by atomic mass is 16.5. The van der Waals surface area contributed by atoms with Gasteiger partial charge in [0.2, 0.25) is 0 Å². The maximum Gasteiger partial charge on any atom is 0.333 e. The Bertz CT molecular complexity index is 333. The van der Waals surface area contributed by atoms with Crippen molar-refractivity contribution in [3.05, 3.63) is 12.2 Å². The highest BCUT2D eigenvalue weighted by Gasteiger charge is 2.11. The summed E-state index contributed by atoms with van der Waals surface area (Å²) in [7, 11) is 0. The molecule has 0 aliphatic carbocycles. The number of nitrogens with two attached hydrogens (primary N) is 1. The number of ether oxygens (including phenoxy) is 1. The Labute approximate surface area is 118 Å². The second-order valence-electron chi connectivity index (χ2n) is 4.68. The summed E-state index contributed by atoms with van der Waals surface area (Å²) < 4.78 is 4.79. The zero-order chi connectivity index (χ0) is 15.5. The first-order valence-corrected chi connectivity index (χ1v) is 6.54. The van der Waals surface area contributed by atoms with E-state index in [1.807, 2.05) is 0 Å². The highest BCUT2D eigenvalue weighted by molar-refractivity contribution is 5.86. The molecule has 116 valence electrons. The van der Waals surface area contributed by atoms with Gasteiger partial charge in [-0.1, -0.05) is 13.0 Å². The fourth-order valence-electron chi connectivity index (χ4n) is 1.36. The zero-order valence-corrected chi connectivity index (χ0v) is 11.8. The molecule has 0 fully saturated rings. The van der Waals surface area contributed by atoms with Crippen molar-refractivity contribution in [3.63, 3.8) is 0 Å². The van der Waals surface area contributed by atoms with Gasteiger partial charge in [0.05, 0.1) is 0 Å². The molecular weight excluding hydrogens is 264 g/mol. The van der Waals surface area contributed by atoms with E-state index in [0.29, 0.717) is 31.5 Å². The van der Waals surface area contributed by atoms with Crippen LogP contribution in [0.1, 0.15) is 26.2 Å². The highest BCUT2D eigenvalue weighted by Crippen LogP contribution is 1.98. The molecule has 0 aromatic carbocycles. The quantitative estimate of drug-likeness (QED) is 0.232. The van der Waals surface area contributed by atoms with Gasteiger partial charge in [0, 0.05) is 12.1 Å². The van der Waals surface area contributed by atoms with Crippen LogP contribution in [0.2, 0.25) is 0 Å². The molecule has 7 nitrogen and oxygen atoms in total. The Morgan fingerprint density at radius 1 is 1.40 bits per heavy atom. The normalized spacial score (nSPS) is 13.6. The van der Waals surface area contributed by atoms with E-state index in [-0.39, 0.29) is 6.61 Å². The largest absolute Gasteiger partial charge is 0.480 e. The van der Waals surface area contributed by atoms with Gasteiger partial charge in [0.1, 0.15) is 18.8 Å². The second-order valence-corrected chi connectivity index (χ2v) is 4.68. The molecule has 5 N–H and O–H groups in total. The number of esters is 1. The summed E-state index contributed by atoms with van der Waals surface area (Å²) in [6, 6.07) is -0.817. The van der Waals surface area contributed by atoms with Crippen molar-refractivity contribution in [2.24, 2.45) is 5.73 Å². The Kier molecular flexibility index (Phi) is 9.61. The van der Waals surface area contributed by atoms with Gasteiger partial charge in [-0.25, -0.2) is 4.79 Å². The van der Waals surface area contributed by atoms with E-state index in [1.165, 1.54) is 6.92 Å². The minimum Gasteiger partial charge on any atom is -0.480 e. The van der Waals surface area contributed by atoms with E-state index in [4.69, 9.17) is 15.6 Å². The minimum atomic E-state index is -0.993. The van der Waals surface area contributed by atoms with Crippen molar-refractivity contribution in [1.29, 1.82) is 0 Å². The maximum absolute atomic E-state index is 11.1. The standard InChI is InChI=1S/C13H24N2O5/c1-9(2)13(19)20-8-10(16)7-15-6-4-3-5-11(14)12(17)18/h10-11,15-16H,1,3-8,14H2,2H3,(H,17,18)/t10?,11-/m0/s1. The van der Waals surface area contributed by atoms with Crippen LogP contribution in [0.4, 0.5) is 0 Å². The summed E-state index contributed by atoms with van der Waals surface area (Å²) >= 11 is 0. The monoisotopic (exact) mass is 288 g/mol. The Morgan fingerprint density at radius 2 is 2.05 bits per heavy atom. The number of hydrogen-bond acceptors (Lipinski definition) is 6. The number of rotatable bonds is 11. The summed E-state index contributed by atoms with van der Waals surface area (Å²) in [5.41, 5.74) is 5.65. The average molecular weight is 288 g/mol. The molecule has 0 saturated heterocycles. The molecule has 0 aromatic rings. The number of carbonyl (C=O) groups excluding carboxylic acids is 1. The third-order valence-electron chi connectivity index (χ3n) is 2.57. The number of carbonyl (C=O) groups is 2. The molecule has 1 unspecified atom stereocenters. The fourth-order valence-corrected chi connectivity index (χ4v) is 1.36. The third kappa shape index (κ3) is 9.48. The number of carboxylic acids is 1. The lowest BCUT2D eigenvalue weighted by Crippen LogP contribution is -2.32. The fraction of sp³-hybridized carbons (Fsp3) is 0.692. The van der Waals surface area contributed by atoms with Gasteiger partial charge < -0.3 is 26.0 Å². The number of aliphatic hydroxyl groups excluding tert-OH is 1. The number of aliphatic carboxylic acids is 1. The molecule has 2 atom stereocenters. The van der Waals surface area contributed by atoms with Crippen molar-refractivity contribution in [2.75, 3.05) is 19.7 Å². The molecule has 0 amide bonds. The molecule has 0 aliphatic heterocycles. The van der Waals surface area contributed by atoms with E-state index < -0.39 is 24.1 Å². The first kappa shape index (κ1) is 18.6. The Balaban J connectivity index is 3.48. The summed E-state index contributed by atoms with van der Waals surface area (Å²) in [5.74, 6) is -1.51. The van der Waals surface area contributed by atoms with Crippen LogP contribution in [0.25, 0.3) is 0 Å². The lowest BCUT2D eigenvalue weighted by atomic mass is 10.1. The van der Waals surface area contributed by atoms with Crippen LogP contribution in [0, 0.1) is 0 Å². The first-order valence-electron chi connectivity index (χ1n) is 6.54. The molecule has 0 rings (SSSR count). The number of hydrogen-bond donors (Lipinski definition) is 4. The Hall–Kier alpha value is -1.44. The number of carboxylic acid groups (broad SMARTS) is 1. The van der Waals surface area contributed by atoms with Crippen LogP contribution in [0.15, 0.2) is 12.2 Å². The molecule has 0 aromatic heterocycles. The van der Waals surface area contributed by atoms with Gasteiger partial charge in [0.25, 0.3) is 0 Å². The van der Waals surface area contributed by atoms with Crippen molar-refractivity contribution in [1.82, 2.24) is 5.32 Å². The predicted molar refractivity (Wildman–Crippen MR) is 74.1 cm³/mol. The second kappa shape index (κ2) is 10.4. The minimum absolute atomic E-state index is 0.0808. The van der Waals surface area contributed by atoms with Crippen LogP contribution in [0.5, 0.6) is 0 Å². The lowest BCUT2D eigenvalue weighted by molar-refractivity contribution is -0.142. The molecule has 0 saturated carbocycles. The van der Waals surface area contributed by atoms with Crippen molar-refractivity contribution in [2.45, 2.75) is 38.3 Å². The van der Waals surface area contributed by atoms with Gasteiger partial charge >= 0.3 is 11.9 Å². The summed E-state index contributed by atoms with van der Waals surface area (Å²) in [4.78, 5) is 21.5. The SMILES string of the molecule is C=C(C)C(=O)OCC(O)CNCCCC[C@H](N)C(=O)O. The van der Waals surface area contributed by atoms with Gasteiger partial charge in [-0.3, -0.25) is 4.79 Å². The molecule has 0 aliphatic rings. The average Bonchev–Trinajstić information content (AvgIpc) is 2.39. The van der Waals surface area contributed by atoms with Crippen LogP contribution in [-0.2, 0) is 14.3 Å². The molecule has 0 radical (unpaired) electrons. The van der Waals surface area contributed by atoms with Crippen molar-refractivity contribution >= 4 is 11.9 Å². The topological polar surface area (TPSA) is 122 Å². The van der Waals surface area contributed by atoms with Crippen LogP contribution >= 0.6 is 0 Å². The van der Waals surface area contributed by atoms with E-state index in [0.717, 1.165) is 6.42 Å². The van der Waals surface area contributed by atoms with Gasteiger partial charge in [-0.05, 0) is 26.3 Å². The van der Waals surface area contributed by atoms with E-state index in [1.54, 1.807) is 0 Å². The van der Waals surface area contributed by atoms with Gasteiger partial charge in [0.15, 0.2) is 0 Å². The molecule has 0 heterocycles. The van der Waals surface area contributed by atoms with E-state index in [9.17, 15) is 14.7 Å². The predicted octanol–water partition coefficient (Wildman–Crippen LogP) is -0.362. The molecule has 0 bridgehead atoms. The summed E-state index contributed by atoms with van der Waals surface area (Å²) in [6.45, 7) is 5.82. The zero-order valence-electron chi connectivity index (χ0n) is 11.8. The lowest BCUT2D eigenvalue weighted by Gasteiger charge is -2.12. The van der Waals surface area contributed by atoms with Crippen LogP contribution in [0.3, 0.4) is 0 Å². The molecule has 7 heteroatoms. The number of unbranched alkanes of at least 4 members (excludes halogenated alkanes) is 1. The van der Waals surface area contributed by atoms with Crippen LogP contribution < -0.4 is 11.1 Å². The Morgan fingerprint density at radius 3 is 2.60 bits per heavy atom.